The summed E-state index contributed by atoms with van der Waals surface area (Å²) in [6.07, 6.45) is 0.0879. The van der Waals surface area contributed by atoms with Gasteiger partial charge in [-0.3, -0.25) is 4.90 Å². The average molecular weight is 189 g/mol. The van der Waals surface area contributed by atoms with Gasteiger partial charge in [-0.15, -0.1) is 0 Å². The molecule has 0 aromatic carbocycles. The fraction of sp³-hybridized carbons (Fsp3) is 1.00. The van der Waals surface area contributed by atoms with E-state index in [0.717, 1.165) is 6.54 Å². The molecule has 0 aliphatic carbocycles. The van der Waals surface area contributed by atoms with Gasteiger partial charge in [-0.25, -0.2) is 4.39 Å². The summed E-state index contributed by atoms with van der Waals surface area (Å²) in [6.45, 7) is 6.77. The lowest BCUT2D eigenvalue weighted by Crippen LogP contribution is -2.42. The van der Waals surface area contributed by atoms with Gasteiger partial charge in [0.15, 0.2) is 0 Å². The summed E-state index contributed by atoms with van der Waals surface area (Å²) in [5.74, 6) is 0. The van der Waals surface area contributed by atoms with Crippen LogP contribution in [0.4, 0.5) is 4.39 Å². The Hall–Kier alpha value is -0.150. The summed E-state index contributed by atoms with van der Waals surface area (Å²) < 4.78 is 19.0. The van der Waals surface area contributed by atoms with Gasteiger partial charge in [0.1, 0.15) is 6.17 Å². The molecule has 1 saturated heterocycles. The normalized spacial score (nSPS) is 32.8. The molecule has 2 unspecified atom stereocenters. The molecule has 0 radical (unpaired) electrons. The van der Waals surface area contributed by atoms with Crippen LogP contribution in [0, 0.1) is 0 Å². The molecule has 0 amide bonds. The third-order valence-electron chi connectivity index (χ3n) is 2.60. The minimum Gasteiger partial charge on any atom is -0.374 e. The minimum absolute atomic E-state index is 0.0116. The first-order valence-corrected chi connectivity index (χ1v) is 5.02. The smallest absolute Gasteiger partial charge is 0.119 e. The highest BCUT2D eigenvalue weighted by Gasteiger charge is 2.36. The quantitative estimate of drug-likeness (QED) is 0.671. The van der Waals surface area contributed by atoms with E-state index in [4.69, 9.17) is 4.74 Å². The van der Waals surface area contributed by atoms with Crippen molar-refractivity contribution in [2.45, 2.75) is 51.6 Å². The molecule has 1 rings (SSSR count). The molecule has 0 aromatic heterocycles. The summed E-state index contributed by atoms with van der Waals surface area (Å²) >= 11 is 0. The largest absolute Gasteiger partial charge is 0.374 e. The van der Waals surface area contributed by atoms with Gasteiger partial charge in [-0.2, -0.15) is 0 Å². The number of nitrogens with zero attached hydrogens (tertiary/aromatic N) is 1. The van der Waals surface area contributed by atoms with Crippen molar-refractivity contribution in [2.24, 2.45) is 0 Å². The number of alkyl halides is 1. The number of hydrogen-bond donors (Lipinski definition) is 0. The molecule has 0 aromatic rings. The van der Waals surface area contributed by atoms with Crippen molar-refractivity contribution in [2.75, 3.05) is 13.6 Å². The Bertz CT molecular complexity index is 153. The number of halogens is 1. The molecule has 1 fully saturated rings. The second-order valence-corrected chi connectivity index (χ2v) is 4.17. The zero-order valence-electron chi connectivity index (χ0n) is 8.96. The molecule has 1 aliphatic heterocycles. The summed E-state index contributed by atoms with van der Waals surface area (Å²) in [5, 5.41) is 0. The van der Waals surface area contributed by atoms with Crippen LogP contribution in [0.2, 0.25) is 0 Å². The zero-order valence-corrected chi connectivity index (χ0v) is 8.96. The van der Waals surface area contributed by atoms with Crippen molar-refractivity contribution in [1.29, 1.82) is 0 Å². The molecule has 0 N–H and O–H groups in total. The topological polar surface area (TPSA) is 12.5 Å². The number of likely N-dealkylation sites (tertiary alicyclic amines) is 1. The first-order chi connectivity index (χ1) is 6.02. The van der Waals surface area contributed by atoms with Gasteiger partial charge in [0, 0.05) is 6.54 Å². The Labute approximate surface area is 80.1 Å². The number of likely N-dealkylation sites (N-methyl/N-ethyl adjacent to an activating group) is 1. The van der Waals surface area contributed by atoms with E-state index in [1.165, 1.54) is 0 Å². The Balaban J connectivity index is 2.48. The minimum atomic E-state index is -0.723. The SMILES string of the molecule is CC(C)O[C@H](C)C1C(F)CCN1C. The van der Waals surface area contributed by atoms with Crippen LogP contribution in [0.5, 0.6) is 0 Å². The molecular weight excluding hydrogens is 169 g/mol. The molecule has 1 aliphatic rings. The number of rotatable bonds is 3. The van der Waals surface area contributed by atoms with Crippen LogP contribution in [0.1, 0.15) is 27.2 Å². The fourth-order valence-corrected chi connectivity index (χ4v) is 2.09. The predicted octanol–water partition coefficient (Wildman–Crippen LogP) is 1.84. The zero-order chi connectivity index (χ0) is 10.0. The van der Waals surface area contributed by atoms with Gasteiger partial charge in [0.25, 0.3) is 0 Å². The highest BCUT2D eigenvalue weighted by atomic mass is 19.1. The predicted molar refractivity (Wildman–Crippen MR) is 51.6 cm³/mol. The first kappa shape index (κ1) is 10.9. The van der Waals surface area contributed by atoms with Gasteiger partial charge >= 0.3 is 0 Å². The highest BCUT2D eigenvalue weighted by molar-refractivity contribution is 4.89. The summed E-state index contributed by atoms with van der Waals surface area (Å²) in [5.41, 5.74) is 0. The van der Waals surface area contributed by atoms with Crippen LogP contribution in [-0.4, -0.2) is 42.9 Å². The van der Waals surface area contributed by atoms with Crippen molar-refractivity contribution < 1.29 is 9.13 Å². The van der Waals surface area contributed by atoms with E-state index in [2.05, 4.69) is 4.90 Å². The lowest BCUT2D eigenvalue weighted by atomic mass is 10.1. The van der Waals surface area contributed by atoms with E-state index in [-0.39, 0.29) is 18.2 Å². The second kappa shape index (κ2) is 4.38. The molecule has 78 valence electrons. The standard InChI is InChI=1S/C10H20FNO/c1-7(2)13-8(3)10-9(11)5-6-12(10)4/h7-10H,5-6H2,1-4H3/t8-,9?,10?/m1/s1. The van der Waals surface area contributed by atoms with Gasteiger partial charge in [0.05, 0.1) is 18.2 Å². The Morgan fingerprint density at radius 3 is 2.38 bits per heavy atom. The Kier molecular flexibility index (Phi) is 3.68. The molecule has 0 spiro atoms. The molecule has 1 heterocycles. The highest BCUT2D eigenvalue weighted by Crippen LogP contribution is 2.23. The van der Waals surface area contributed by atoms with Gasteiger partial charge in [-0.05, 0) is 34.2 Å². The fourth-order valence-electron chi connectivity index (χ4n) is 2.09. The van der Waals surface area contributed by atoms with Crippen LogP contribution < -0.4 is 0 Å². The van der Waals surface area contributed by atoms with Crippen LogP contribution >= 0.6 is 0 Å². The van der Waals surface area contributed by atoms with Crippen LogP contribution in [0.3, 0.4) is 0 Å². The van der Waals surface area contributed by atoms with E-state index in [9.17, 15) is 4.39 Å². The van der Waals surface area contributed by atoms with E-state index < -0.39 is 6.17 Å². The van der Waals surface area contributed by atoms with Gasteiger partial charge < -0.3 is 4.74 Å². The molecule has 3 heteroatoms. The molecule has 3 atom stereocenters. The Morgan fingerprint density at radius 2 is 2.00 bits per heavy atom. The summed E-state index contributed by atoms with van der Waals surface area (Å²) in [6, 6.07) is -0.0533. The van der Waals surface area contributed by atoms with Crippen molar-refractivity contribution in [1.82, 2.24) is 4.90 Å². The second-order valence-electron chi connectivity index (χ2n) is 4.17. The van der Waals surface area contributed by atoms with E-state index >= 15 is 0 Å². The van der Waals surface area contributed by atoms with Crippen LogP contribution in [0.15, 0.2) is 0 Å². The first-order valence-electron chi connectivity index (χ1n) is 5.02. The lowest BCUT2D eigenvalue weighted by Gasteiger charge is -2.28. The molecule has 0 bridgehead atoms. The van der Waals surface area contributed by atoms with E-state index in [1.54, 1.807) is 0 Å². The molecular formula is C10H20FNO. The third-order valence-corrected chi connectivity index (χ3v) is 2.60. The maximum atomic E-state index is 13.4. The third kappa shape index (κ3) is 2.64. The van der Waals surface area contributed by atoms with Crippen LogP contribution in [-0.2, 0) is 4.74 Å². The Morgan fingerprint density at radius 1 is 1.38 bits per heavy atom. The van der Waals surface area contributed by atoms with Gasteiger partial charge in [0.2, 0.25) is 0 Å². The maximum absolute atomic E-state index is 13.4. The van der Waals surface area contributed by atoms with E-state index in [1.807, 2.05) is 27.8 Å². The average Bonchev–Trinajstić information content (AvgIpc) is 2.29. The summed E-state index contributed by atoms with van der Waals surface area (Å²) in [7, 11) is 1.96. The van der Waals surface area contributed by atoms with Crippen molar-refractivity contribution in [3.05, 3.63) is 0 Å². The molecule has 2 nitrogen and oxygen atoms in total. The number of ether oxygens (including phenoxy) is 1. The van der Waals surface area contributed by atoms with Crippen molar-refractivity contribution in [3.63, 3.8) is 0 Å². The molecule has 0 saturated carbocycles. The van der Waals surface area contributed by atoms with Crippen molar-refractivity contribution in [3.8, 4) is 0 Å². The maximum Gasteiger partial charge on any atom is 0.119 e. The number of hydrogen-bond acceptors (Lipinski definition) is 2. The monoisotopic (exact) mass is 189 g/mol. The molecule has 13 heavy (non-hydrogen) atoms. The van der Waals surface area contributed by atoms with Gasteiger partial charge in [-0.1, -0.05) is 0 Å². The van der Waals surface area contributed by atoms with Crippen LogP contribution in [0.25, 0.3) is 0 Å². The van der Waals surface area contributed by atoms with E-state index in [0.29, 0.717) is 6.42 Å². The van der Waals surface area contributed by atoms with Crippen molar-refractivity contribution >= 4 is 0 Å². The lowest BCUT2D eigenvalue weighted by molar-refractivity contribution is -0.0339. The summed E-state index contributed by atoms with van der Waals surface area (Å²) in [4.78, 5) is 2.05.